The SMILES string of the molecule is O=C1CCCC[C@]2(CN(Cc3ccccc3N3CCCCC3)C[C@H]2c2ccccn2)N1. The number of likely N-dealkylation sites (tertiary alicyclic amines) is 1. The van der Waals surface area contributed by atoms with Crippen molar-refractivity contribution in [3.8, 4) is 0 Å². The molecule has 2 aromatic rings. The Bertz CT molecular complexity index is 895. The second-order valence-corrected chi connectivity index (χ2v) is 9.56. The highest BCUT2D eigenvalue weighted by Crippen LogP contribution is 2.41. The second kappa shape index (κ2) is 8.99. The Morgan fingerprint density at radius 2 is 1.84 bits per heavy atom. The smallest absolute Gasteiger partial charge is 0.220 e. The topological polar surface area (TPSA) is 48.5 Å². The summed E-state index contributed by atoms with van der Waals surface area (Å²) < 4.78 is 0. The van der Waals surface area contributed by atoms with Crippen molar-refractivity contribution in [2.75, 3.05) is 31.1 Å². The molecule has 4 heterocycles. The molecule has 1 N–H and O–H groups in total. The zero-order valence-electron chi connectivity index (χ0n) is 18.4. The van der Waals surface area contributed by atoms with Crippen molar-refractivity contribution >= 4 is 11.6 Å². The van der Waals surface area contributed by atoms with Crippen LogP contribution in [0.1, 0.15) is 62.1 Å². The highest BCUT2D eigenvalue weighted by Gasteiger charge is 2.49. The largest absolute Gasteiger partial charge is 0.371 e. The van der Waals surface area contributed by atoms with Gasteiger partial charge in [-0.1, -0.05) is 30.7 Å². The number of rotatable bonds is 4. The van der Waals surface area contributed by atoms with E-state index in [0.29, 0.717) is 6.42 Å². The fourth-order valence-electron chi connectivity index (χ4n) is 5.92. The highest BCUT2D eigenvalue weighted by atomic mass is 16.1. The summed E-state index contributed by atoms with van der Waals surface area (Å²) in [5.41, 5.74) is 3.70. The third-order valence-electron chi connectivity index (χ3n) is 7.41. The number of aromatic nitrogens is 1. The van der Waals surface area contributed by atoms with E-state index in [9.17, 15) is 4.79 Å². The lowest BCUT2D eigenvalue weighted by atomic mass is 9.81. The number of benzene rings is 1. The first-order valence-electron chi connectivity index (χ1n) is 12.0. The molecule has 0 saturated carbocycles. The summed E-state index contributed by atoms with van der Waals surface area (Å²) >= 11 is 0. The molecule has 1 spiro atoms. The van der Waals surface area contributed by atoms with E-state index in [2.05, 4.69) is 51.5 Å². The van der Waals surface area contributed by atoms with Gasteiger partial charge in [0.1, 0.15) is 0 Å². The van der Waals surface area contributed by atoms with Gasteiger partial charge in [0.05, 0.1) is 5.54 Å². The molecule has 0 radical (unpaired) electrons. The monoisotopic (exact) mass is 418 g/mol. The molecule has 1 amide bonds. The molecular weight excluding hydrogens is 384 g/mol. The maximum atomic E-state index is 12.6. The molecule has 0 unspecified atom stereocenters. The van der Waals surface area contributed by atoms with Crippen molar-refractivity contribution < 1.29 is 4.79 Å². The average molecular weight is 419 g/mol. The van der Waals surface area contributed by atoms with Gasteiger partial charge in [0.15, 0.2) is 0 Å². The molecule has 5 nitrogen and oxygen atoms in total. The first kappa shape index (κ1) is 20.5. The fourth-order valence-corrected chi connectivity index (χ4v) is 5.92. The van der Waals surface area contributed by atoms with E-state index in [1.54, 1.807) is 0 Å². The Labute approximate surface area is 185 Å². The van der Waals surface area contributed by atoms with Crippen LogP contribution in [0.4, 0.5) is 5.69 Å². The summed E-state index contributed by atoms with van der Waals surface area (Å²) in [5, 5.41) is 3.47. The van der Waals surface area contributed by atoms with Crippen LogP contribution in [0.25, 0.3) is 0 Å². The van der Waals surface area contributed by atoms with Crippen LogP contribution in [0, 0.1) is 0 Å². The molecule has 5 rings (SSSR count). The maximum Gasteiger partial charge on any atom is 0.220 e. The van der Waals surface area contributed by atoms with Crippen molar-refractivity contribution in [1.82, 2.24) is 15.2 Å². The van der Waals surface area contributed by atoms with E-state index in [4.69, 9.17) is 4.98 Å². The minimum absolute atomic E-state index is 0.203. The van der Waals surface area contributed by atoms with Crippen LogP contribution in [-0.4, -0.2) is 47.5 Å². The zero-order valence-corrected chi connectivity index (χ0v) is 18.4. The third kappa shape index (κ3) is 4.33. The number of para-hydroxylation sites is 1. The molecule has 3 aliphatic rings. The van der Waals surface area contributed by atoms with Gasteiger partial charge in [0.2, 0.25) is 5.91 Å². The number of amides is 1. The number of hydrogen-bond acceptors (Lipinski definition) is 4. The minimum Gasteiger partial charge on any atom is -0.371 e. The fraction of sp³-hybridized carbons (Fsp3) is 0.538. The highest BCUT2D eigenvalue weighted by molar-refractivity contribution is 5.77. The van der Waals surface area contributed by atoms with Gasteiger partial charge in [-0.15, -0.1) is 0 Å². The van der Waals surface area contributed by atoms with Crippen LogP contribution in [0.15, 0.2) is 48.7 Å². The predicted molar refractivity (Wildman–Crippen MR) is 124 cm³/mol. The van der Waals surface area contributed by atoms with E-state index >= 15 is 0 Å². The lowest BCUT2D eigenvalue weighted by Gasteiger charge is -2.34. The summed E-state index contributed by atoms with van der Waals surface area (Å²) in [7, 11) is 0. The Hall–Kier alpha value is -2.40. The molecule has 3 fully saturated rings. The van der Waals surface area contributed by atoms with Gasteiger partial charge in [0.25, 0.3) is 0 Å². The van der Waals surface area contributed by atoms with Gasteiger partial charge in [0, 0.05) is 62.6 Å². The lowest BCUT2D eigenvalue weighted by Crippen LogP contribution is -2.52. The number of pyridine rings is 1. The van der Waals surface area contributed by atoms with E-state index < -0.39 is 0 Å². The van der Waals surface area contributed by atoms with Crippen LogP contribution < -0.4 is 10.2 Å². The van der Waals surface area contributed by atoms with Crippen molar-refractivity contribution in [2.24, 2.45) is 0 Å². The van der Waals surface area contributed by atoms with Gasteiger partial charge in [-0.2, -0.15) is 0 Å². The molecule has 164 valence electrons. The number of carbonyl (C=O) groups excluding carboxylic acids is 1. The van der Waals surface area contributed by atoms with E-state index in [1.165, 1.54) is 30.5 Å². The summed E-state index contributed by atoms with van der Waals surface area (Å²) in [6.07, 6.45) is 9.57. The van der Waals surface area contributed by atoms with Crippen molar-refractivity contribution in [1.29, 1.82) is 0 Å². The summed E-state index contributed by atoms with van der Waals surface area (Å²) in [6, 6.07) is 15.1. The zero-order chi connectivity index (χ0) is 21.1. The Kier molecular flexibility index (Phi) is 5.95. The summed E-state index contributed by atoms with van der Waals surface area (Å²) in [4.78, 5) is 22.4. The first-order chi connectivity index (χ1) is 15.2. The summed E-state index contributed by atoms with van der Waals surface area (Å²) in [6.45, 7) is 5.08. The number of carbonyl (C=O) groups is 1. The molecule has 0 bridgehead atoms. The molecule has 0 aliphatic carbocycles. The van der Waals surface area contributed by atoms with E-state index in [-0.39, 0.29) is 17.4 Å². The van der Waals surface area contributed by atoms with Crippen LogP contribution >= 0.6 is 0 Å². The Morgan fingerprint density at radius 1 is 1.00 bits per heavy atom. The Balaban J connectivity index is 1.42. The Morgan fingerprint density at radius 3 is 2.68 bits per heavy atom. The number of nitrogens with zero attached hydrogens (tertiary/aromatic N) is 3. The first-order valence-corrected chi connectivity index (χ1v) is 12.0. The quantitative estimate of drug-likeness (QED) is 0.812. The molecule has 1 aromatic carbocycles. The van der Waals surface area contributed by atoms with Crippen LogP contribution in [-0.2, 0) is 11.3 Å². The van der Waals surface area contributed by atoms with Crippen molar-refractivity contribution in [3.05, 3.63) is 59.9 Å². The van der Waals surface area contributed by atoms with Crippen LogP contribution in [0.5, 0.6) is 0 Å². The number of hydrogen-bond donors (Lipinski definition) is 1. The van der Waals surface area contributed by atoms with Crippen LogP contribution in [0.3, 0.4) is 0 Å². The second-order valence-electron chi connectivity index (χ2n) is 9.56. The summed E-state index contributed by atoms with van der Waals surface area (Å²) in [5.74, 6) is 0.437. The third-order valence-corrected chi connectivity index (χ3v) is 7.41. The predicted octanol–water partition coefficient (Wildman–Crippen LogP) is 4.10. The minimum atomic E-state index is -0.206. The van der Waals surface area contributed by atoms with Gasteiger partial charge >= 0.3 is 0 Å². The van der Waals surface area contributed by atoms with Gasteiger partial charge < -0.3 is 10.2 Å². The number of anilines is 1. The molecule has 3 aliphatic heterocycles. The molecule has 3 saturated heterocycles. The normalized spacial score (nSPS) is 27.3. The number of piperidine rings is 1. The van der Waals surface area contributed by atoms with Crippen molar-refractivity contribution in [2.45, 2.75) is 62.9 Å². The van der Waals surface area contributed by atoms with E-state index in [0.717, 1.165) is 57.7 Å². The average Bonchev–Trinajstić information content (AvgIpc) is 3.04. The molecule has 31 heavy (non-hydrogen) atoms. The standard InChI is InChI=1S/C26H34N4O/c31-25-13-4-6-14-26(28-25)20-29(19-22(26)23-11-5-7-15-27-23)18-21-10-2-3-12-24(21)30-16-8-1-9-17-30/h2-3,5,7,10-12,15,22H,1,4,6,8-9,13-14,16-20H2,(H,28,31)/t22-,26+/m0/s1. The van der Waals surface area contributed by atoms with Gasteiger partial charge in [-0.05, 0) is 55.9 Å². The maximum absolute atomic E-state index is 12.6. The van der Waals surface area contributed by atoms with E-state index in [1.807, 2.05) is 12.3 Å². The molecule has 2 atom stereocenters. The lowest BCUT2D eigenvalue weighted by molar-refractivity contribution is -0.122. The molecular formula is C26H34N4O. The molecule has 1 aromatic heterocycles. The van der Waals surface area contributed by atoms with Gasteiger partial charge in [-0.25, -0.2) is 0 Å². The van der Waals surface area contributed by atoms with Crippen molar-refractivity contribution in [3.63, 3.8) is 0 Å². The number of nitrogens with one attached hydrogen (secondary N) is 1. The van der Waals surface area contributed by atoms with Crippen LogP contribution in [0.2, 0.25) is 0 Å². The molecule has 5 heteroatoms. The van der Waals surface area contributed by atoms with Gasteiger partial charge in [-0.3, -0.25) is 14.7 Å².